The highest BCUT2D eigenvalue weighted by atomic mass is 32.2. The van der Waals surface area contributed by atoms with Crippen LogP contribution in [0.5, 0.6) is 0 Å². The lowest BCUT2D eigenvalue weighted by Crippen LogP contribution is -2.36. The zero-order valence-electron chi connectivity index (χ0n) is 15.0. The van der Waals surface area contributed by atoms with Gasteiger partial charge in [0.05, 0.1) is 5.57 Å². The molecule has 4 nitrogen and oxygen atoms in total. The summed E-state index contributed by atoms with van der Waals surface area (Å²) in [6.45, 7) is 10.8. The largest absolute Gasteiger partial charge is 0.459 e. The Bertz CT molecular complexity index is 677. The molecule has 1 heterocycles. The van der Waals surface area contributed by atoms with Crippen molar-refractivity contribution in [2.75, 3.05) is 0 Å². The molecule has 0 radical (unpaired) electrons. The highest BCUT2D eigenvalue weighted by Gasteiger charge is 2.37. The quantitative estimate of drug-likeness (QED) is 0.749. The van der Waals surface area contributed by atoms with Crippen LogP contribution in [-0.4, -0.2) is 28.4 Å². The van der Waals surface area contributed by atoms with Gasteiger partial charge in [-0.05, 0) is 59.2 Å². The Morgan fingerprint density at radius 1 is 0.958 bits per heavy atom. The van der Waals surface area contributed by atoms with Crippen LogP contribution in [0, 0.1) is 0 Å². The average molecular weight is 348 g/mol. The van der Waals surface area contributed by atoms with Gasteiger partial charge in [-0.2, -0.15) is 0 Å². The van der Waals surface area contributed by atoms with E-state index in [4.69, 9.17) is 9.47 Å². The van der Waals surface area contributed by atoms with Gasteiger partial charge in [-0.1, -0.05) is 18.2 Å². The molecule has 24 heavy (non-hydrogen) atoms. The summed E-state index contributed by atoms with van der Waals surface area (Å²) in [6, 6.07) is 7.65. The summed E-state index contributed by atoms with van der Waals surface area (Å²) < 4.78 is 11.0. The Morgan fingerprint density at radius 2 is 1.54 bits per heavy atom. The molecule has 130 valence electrons. The number of fused-ring (bicyclic) bond motifs is 1. The molecule has 0 aliphatic carbocycles. The molecule has 2 rings (SSSR count). The maximum Gasteiger partial charge on any atom is 0.336 e. The normalized spacial score (nSPS) is 17.6. The molecule has 0 spiro atoms. The van der Waals surface area contributed by atoms with E-state index in [1.165, 1.54) is 11.8 Å². The summed E-state index contributed by atoms with van der Waals surface area (Å²) in [5, 5.41) is -0.728. The van der Waals surface area contributed by atoms with Crippen molar-refractivity contribution in [2.24, 2.45) is 0 Å². The molecule has 0 saturated carbocycles. The third-order valence-electron chi connectivity index (χ3n) is 3.01. The molecule has 0 bridgehead atoms. The lowest BCUT2D eigenvalue weighted by atomic mass is 10.1. The highest BCUT2D eigenvalue weighted by Crippen LogP contribution is 2.39. The van der Waals surface area contributed by atoms with Crippen LogP contribution in [0.4, 0.5) is 0 Å². The summed E-state index contributed by atoms with van der Waals surface area (Å²) in [4.78, 5) is 26.1. The van der Waals surface area contributed by atoms with Gasteiger partial charge in [0.1, 0.15) is 16.5 Å². The second kappa shape index (κ2) is 6.63. The summed E-state index contributed by atoms with van der Waals surface area (Å²) in [5.41, 5.74) is -0.0165. The molecule has 5 heteroatoms. The van der Waals surface area contributed by atoms with Crippen molar-refractivity contribution in [2.45, 2.75) is 62.9 Å². The lowest BCUT2D eigenvalue weighted by Gasteiger charge is -2.29. The molecule has 1 aromatic carbocycles. The molecule has 0 fully saturated rings. The van der Waals surface area contributed by atoms with Crippen molar-refractivity contribution in [3.05, 3.63) is 35.4 Å². The summed E-state index contributed by atoms with van der Waals surface area (Å²) in [5.74, 6) is -0.917. The predicted octanol–water partition coefficient (Wildman–Crippen LogP) is 4.23. The van der Waals surface area contributed by atoms with Crippen molar-refractivity contribution in [1.82, 2.24) is 0 Å². The van der Waals surface area contributed by atoms with Crippen LogP contribution in [0.3, 0.4) is 0 Å². The smallest absolute Gasteiger partial charge is 0.336 e. The first-order valence-corrected chi connectivity index (χ1v) is 8.78. The van der Waals surface area contributed by atoms with Crippen molar-refractivity contribution < 1.29 is 19.1 Å². The number of hydrogen-bond acceptors (Lipinski definition) is 5. The van der Waals surface area contributed by atoms with E-state index >= 15 is 0 Å². The fourth-order valence-electron chi connectivity index (χ4n) is 2.17. The van der Waals surface area contributed by atoms with Crippen molar-refractivity contribution in [1.29, 1.82) is 0 Å². The molecule has 1 aliphatic rings. The number of carbonyl (C=O) groups is 2. The van der Waals surface area contributed by atoms with Crippen LogP contribution in [0.25, 0.3) is 6.08 Å². The van der Waals surface area contributed by atoms with E-state index in [0.29, 0.717) is 5.57 Å². The van der Waals surface area contributed by atoms with E-state index in [2.05, 4.69) is 0 Å². The first-order chi connectivity index (χ1) is 11.0. The minimum absolute atomic E-state index is 0.322. The third-order valence-corrected chi connectivity index (χ3v) is 4.32. The molecule has 0 amide bonds. The van der Waals surface area contributed by atoms with Crippen molar-refractivity contribution >= 4 is 29.8 Å². The first kappa shape index (κ1) is 18.6. The summed E-state index contributed by atoms with van der Waals surface area (Å²) in [6.07, 6.45) is 1.73. The Hall–Kier alpha value is -1.75. The molecule has 0 aromatic heterocycles. The average Bonchev–Trinajstić information content (AvgIpc) is 2.42. The van der Waals surface area contributed by atoms with E-state index < -0.39 is 28.4 Å². The van der Waals surface area contributed by atoms with E-state index in [9.17, 15) is 9.59 Å². The van der Waals surface area contributed by atoms with Gasteiger partial charge < -0.3 is 9.47 Å². The van der Waals surface area contributed by atoms with Crippen LogP contribution in [0.2, 0.25) is 0 Å². The van der Waals surface area contributed by atoms with E-state index in [0.717, 1.165) is 10.5 Å². The Morgan fingerprint density at radius 3 is 2.12 bits per heavy atom. The second-order valence-corrected chi connectivity index (χ2v) is 8.82. The standard InChI is InChI=1S/C19H24O4S/c1-18(2,3)22-16(20)13-11-12-9-7-8-10-14(12)24-15(13)17(21)23-19(4,5)6/h7-11,15H,1-6H3. The maximum absolute atomic E-state index is 12.6. The van der Waals surface area contributed by atoms with Gasteiger partial charge in [0.2, 0.25) is 0 Å². The van der Waals surface area contributed by atoms with Gasteiger partial charge in [0.15, 0.2) is 0 Å². The van der Waals surface area contributed by atoms with Gasteiger partial charge in [-0.15, -0.1) is 11.8 Å². The van der Waals surface area contributed by atoms with E-state index in [1.54, 1.807) is 26.8 Å². The second-order valence-electron chi connectivity index (χ2n) is 7.67. The van der Waals surface area contributed by atoms with Crippen molar-refractivity contribution in [3.63, 3.8) is 0 Å². The topological polar surface area (TPSA) is 52.6 Å². The number of ether oxygens (including phenoxy) is 2. The molecular formula is C19H24O4S. The fraction of sp³-hybridized carbons (Fsp3) is 0.474. The zero-order valence-corrected chi connectivity index (χ0v) is 15.8. The van der Waals surface area contributed by atoms with Crippen LogP contribution >= 0.6 is 11.8 Å². The summed E-state index contributed by atoms with van der Waals surface area (Å²) in [7, 11) is 0. The van der Waals surface area contributed by atoms with E-state index in [1.807, 2.05) is 45.0 Å². The number of esters is 2. The van der Waals surface area contributed by atoms with Gasteiger partial charge in [0.25, 0.3) is 0 Å². The number of carbonyl (C=O) groups excluding carboxylic acids is 2. The highest BCUT2D eigenvalue weighted by molar-refractivity contribution is 8.01. The van der Waals surface area contributed by atoms with Crippen LogP contribution < -0.4 is 0 Å². The predicted molar refractivity (Wildman–Crippen MR) is 95.8 cm³/mol. The van der Waals surface area contributed by atoms with Gasteiger partial charge in [0, 0.05) is 4.90 Å². The Kier molecular flexibility index (Phi) is 5.14. The molecule has 1 atom stereocenters. The minimum Gasteiger partial charge on any atom is -0.459 e. The molecule has 0 saturated heterocycles. The lowest BCUT2D eigenvalue weighted by molar-refractivity contribution is -0.157. The monoisotopic (exact) mass is 348 g/mol. The molecular weight excluding hydrogens is 324 g/mol. The zero-order chi connectivity index (χ0) is 18.1. The minimum atomic E-state index is -0.728. The number of hydrogen-bond donors (Lipinski definition) is 0. The molecule has 1 aliphatic heterocycles. The van der Waals surface area contributed by atoms with Crippen LogP contribution in [0.15, 0.2) is 34.7 Å². The fourth-order valence-corrected chi connectivity index (χ4v) is 3.28. The van der Waals surface area contributed by atoms with Crippen LogP contribution in [-0.2, 0) is 19.1 Å². The van der Waals surface area contributed by atoms with Gasteiger partial charge in [-0.3, -0.25) is 4.79 Å². The maximum atomic E-state index is 12.6. The first-order valence-electron chi connectivity index (χ1n) is 7.90. The van der Waals surface area contributed by atoms with Crippen LogP contribution in [0.1, 0.15) is 47.1 Å². The number of thioether (sulfide) groups is 1. The Labute approximate surface area is 147 Å². The third kappa shape index (κ3) is 4.87. The molecule has 1 aromatic rings. The molecule has 1 unspecified atom stereocenters. The van der Waals surface area contributed by atoms with Crippen molar-refractivity contribution in [3.8, 4) is 0 Å². The molecule has 0 N–H and O–H groups in total. The van der Waals surface area contributed by atoms with Gasteiger partial charge in [-0.25, -0.2) is 4.79 Å². The van der Waals surface area contributed by atoms with E-state index in [-0.39, 0.29) is 0 Å². The van der Waals surface area contributed by atoms with Gasteiger partial charge >= 0.3 is 11.9 Å². The summed E-state index contributed by atoms with van der Waals surface area (Å²) >= 11 is 1.32. The number of rotatable bonds is 2. The number of benzene rings is 1. The Balaban J connectivity index is 2.38. The SMILES string of the molecule is CC(C)(C)OC(=O)C1=Cc2ccccc2SC1C(=O)OC(C)(C)C.